The lowest BCUT2D eigenvalue weighted by Crippen LogP contribution is -2.25. The van der Waals surface area contributed by atoms with Gasteiger partial charge in [0, 0.05) is 25.5 Å². The second-order valence-corrected chi connectivity index (χ2v) is 4.60. The molecule has 0 atom stereocenters. The summed E-state index contributed by atoms with van der Waals surface area (Å²) in [6.45, 7) is 3.42. The first-order valence-electron chi connectivity index (χ1n) is 6.80. The molecule has 1 aromatic heterocycles. The van der Waals surface area contributed by atoms with Crippen molar-refractivity contribution < 1.29 is 4.79 Å². The third kappa shape index (κ3) is 3.38. The van der Waals surface area contributed by atoms with Crippen LogP contribution in [-0.4, -0.2) is 22.2 Å². The van der Waals surface area contributed by atoms with Crippen LogP contribution in [0.3, 0.4) is 0 Å². The van der Waals surface area contributed by atoms with E-state index in [4.69, 9.17) is 0 Å². The molecule has 2 N–H and O–H groups in total. The summed E-state index contributed by atoms with van der Waals surface area (Å²) in [5, 5.41) is 10.3. The lowest BCUT2D eigenvalue weighted by Gasteiger charge is -2.11. The van der Waals surface area contributed by atoms with Gasteiger partial charge < -0.3 is 10.6 Å². The average Bonchev–Trinajstić information content (AvgIpc) is 2.88. The van der Waals surface area contributed by atoms with Crippen LogP contribution in [0, 0.1) is 0 Å². The van der Waals surface area contributed by atoms with Gasteiger partial charge in [-0.25, -0.2) is 0 Å². The molecular weight excluding hydrogens is 252 g/mol. The van der Waals surface area contributed by atoms with E-state index in [0.717, 1.165) is 24.3 Å². The molecule has 1 aromatic carbocycles. The summed E-state index contributed by atoms with van der Waals surface area (Å²) in [4.78, 5) is 12.3. The number of aromatic nitrogens is 2. The standard InChI is InChI=1S/C15H20N4O/c1-3-9-16-14-7-5-4-6-13(14)15(20)17-11-12-8-10-18-19(12)2/h4-8,10,16H,3,9,11H2,1-2H3,(H,17,20). The molecule has 106 valence electrons. The van der Waals surface area contributed by atoms with Crippen LogP contribution in [0.4, 0.5) is 5.69 Å². The van der Waals surface area contributed by atoms with E-state index in [2.05, 4.69) is 22.7 Å². The lowest BCUT2D eigenvalue weighted by molar-refractivity contribution is 0.0951. The third-order valence-electron chi connectivity index (χ3n) is 3.09. The molecule has 5 nitrogen and oxygen atoms in total. The number of amides is 1. The van der Waals surface area contributed by atoms with Crippen LogP contribution in [0.2, 0.25) is 0 Å². The minimum Gasteiger partial charge on any atom is -0.384 e. The number of hydrogen-bond acceptors (Lipinski definition) is 3. The number of rotatable bonds is 6. The fourth-order valence-corrected chi connectivity index (χ4v) is 1.94. The molecule has 1 heterocycles. The van der Waals surface area contributed by atoms with Gasteiger partial charge in [0.2, 0.25) is 0 Å². The zero-order valence-electron chi connectivity index (χ0n) is 11.9. The van der Waals surface area contributed by atoms with Gasteiger partial charge in [0.1, 0.15) is 0 Å². The number of aryl methyl sites for hydroxylation is 1. The summed E-state index contributed by atoms with van der Waals surface area (Å²) in [6, 6.07) is 9.44. The van der Waals surface area contributed by atoms with Crippen LogP contribution in [0.15, 0.2) is 36.5 Å². The number of benzene rings is 1. The van der Waals surface area contributed by atoms with Gasteiger partial charge in [-0.15, -0.1) is 0 Å². The van der Waals surface area contributed by atoms with Gasteiger partial charge in [0.05, 0.1) is 17.8 Å². The van der Waals surface area contributed by atoms with E-state index in [1.54, 1.807) is 10.9 Å². The average molecular weight is 272 g/mol. The van der Waals surface area contributed by atoms with E-state index >= 15 is 0 Å². The highest BCUT2D eigenvalue weighted by Gasteiger charge is 2.10. The van der Waals surface area contributed by atoms with E-state index in [-0.39, 0.29) is 5.91 Å². The number of anilines is 1. The summed E-state index contributed by atoms with van der Waals surface area (Å²) < 4.78 is 1.75. The van der Waals surface area contributed by atoms with Gasteiger partial charge in [-0.05, 0) is 24.6 Å². The molecular formula is C15H20N4O. The van der Waals surface area contributed by atoms with Crippen molar-refractivity contribution >= 4 is 11.6 Å². The fraction of sp³-hybridized carbons (Fsp3) is 0.333. The van der Waals surface area contributed by atoms with Gasteiger partial charge in [-0.1, -0.05) is 19.1 Å². The Morgan fingerprint density at radius 3 is 2.80 bits per heavy atom. The minimum absolute atomic E-state index is 0.0783. The molecule has 0 aliphatic carbocycles. The molecule has 0 bridgehead atoms. The second kappa shape index (κ2) is 6.75. The predicted molar refractivity (Wildman–Crippen MR) is 79.6 cm³/mol. The molecule has 20 heavy (non-hydrogen) atoms. The lowest BCUT2D eigenvalue weighted by atomic mass is 10.1. The Morgan fingerprint density at radius 2 is 2.10 bits per heavy atom. The van der Waals surface area contributed by atoms with Gasteiger partial charge in [-0.2, -0.15) is 5.10 Å². The zero-order chi connectivity index (χ0) is 14.4. The maximum absolute atomic E-state index is 12.3. The summed E-state index contributed by atoms with van der Waals surface area (Å²) in [6.07, 6.45) is 2.74. The Bertz CT molecular complexity index is 577. The van der Waals surface area contributed by atoms with Crippen molar-refractivity contribution in [2.24, 2.45) is 7.05 Å². The van der Waals surface area contributed by atoms with E-state index in [0.29, 0.717) is 12.1 Å². The summed E-state index contributed by atoms with van der Waals surface area (Å²) in [5.74, 6) is -0.0783. The molecule has 0 saturated carbocycles. The number of nitrogens with one attached hydrogen (secondary N) is 2. The van der Waals surface area contributed by atoms with Gasteiger partial charge in [-0.3, -0.25) is 9.48 Å². The summed E-state index contributed by atoms with van der Waals surface area (Å²) in [5.41, 5.74) is 2.51. The van der Waals surface area contributed by atoms with Crippen LogP contribution in [0.25, 0.3) is 0 Å². The number of hydrogen-bond donors (Lipinski definition) is 2. The van der Waals surface area contributed by atoms with Gasteiger partial charge in [0.25, 0.3) is 5.91 Å². The molecule has 0 radical (unpaired) electrons. The molecule has 2 aromatic rings. The molecule has 0 aliphatic rings. The van der Waals surface area contributed by atoms with Gasteiger partial charge in [0.15, 0.2) is 0 Å². The molecule has 1 amide bonds. The molecule has 0 saturated heterocycles. The third-order valence-corrected chi connectivity index (χ3v) is 3.09. The van der Waals surface area contributed by atoms with Crippen molar-refractivity contribution in [3.63, 3.8) is 0 Å². The van der Waals surface area contributed by atoms with Crippen LogP contribution < -0.4 is 10.6 Å². The normalized spacial score (nSPS) is 10.3. The quantitative estimate of drug-likeness (QED) is 0.847. The second-order valence-electron chi connectivity index (χ2n) is 4.60. The van der Waals surface area contributed by atoms with E-state index in [9.17, 15) is 4.79 Å². The largest absolute Gasteiger partial charge is 0.384 e. The highest BCUT2D eigenvalue weighted by molar-refractivity contribution is 5.99. The van der Waals surface area contributed by atoms with Crippen molar-refractivity contribution in [2.45, 2.75) is 19.9 Å². The van der Waals surface area contributed by atoms with Crippen molar-refractivity contribution in [1.82, 2.24) is 15.1 Å². The Labute approximate surface area is 119 Å². The fourth-order valence-electron chi connectivity index (χ4n) is 1.94. The van der Waals surface area contributed by atoms with Crippen molar-refractivity contribution in [1.29, 1.82) is 0 Å². The topological polar surface area (TPSA) is 59.0 Å². The van der Waals surface area contributed by atoms with Crippen LogP contribution >= 0.6 is 0 Å². The number of carbonyl (C=O) groups excluding carboxylic acids is 1. The molecule has 0 unspecified atom stereocenters. The first-order chi connectivity index (χ1) is 9.72. The smallest absolute Gasteiger partial charge is 0.253 e. The SMILES string of the molecule is CCCNc1ccccc1C(=O)NCc1ccnn1C. The molecule has 0 spiro atoms. The first kappa shape index (κ1) is 14.1. The van der Waals surface area contributed by atoms with Crippen molar-refractivity contribution in [3.05, 3.63) is 47.8 Å². The monoisotopic (exact) mass is 272 g/mol. The van der Waals surface area contributed by atoms with Gasteiger partial charge >= 0.3 is 0 Å². The van der Waals surface area contributed by atoms with E-state index < -0.39 is 0 Å². The Hall–Kier alpha value is -2.30. The Kier molecular flexibility index (Phi) is 4.76. The summed E-state index contributed by atoms with van der Waals surface area (Å²) >= 11 is 0. The Balaban J connectivity index is 2.03. The molecule has 0 aliphatic heterocycles. The van der Waals surface area contributed by atoms with Crippen LogP contribution in [0.1, 0.15) is 29.4 Å². The van der Waals surface area contributed by atoms with Crippen LogP contribution in [-0.2, 0) is 13.6 Å². The van der Waals surface area contributed by atoms with E-state index in [1.807, 2.05) is 37.4 Å². The Morgan fingerprint density at radius 1 is 1.30 bits per heavy atom. The predicted octanol–water partition coefficient (Wildman–Crippen LogP) is 2.17. The number of para-hydroxylation sites is 1. The van der Waals surface area contributed by atoms with E-state index in [1.165, 1.54) is 0 Å². The molecule has 0 fully saturated rings. The van der Waals surface area contributed by atoms with Crippen LogP contribution in [0.5, 0.6) is 0 Å². The number of carbonyl (C=O) groups is 1. The molecule has 5 heteroatoms. The summed E-state index contributed by atoms with van der Waals surface area (Å²) in [7, 11) is 1.86. The van der Waals surface area contributed by atoms with Crippen molar-refractivity contribution in [2.75, 3.05) is 11.9 Å². The van der Waals surface area contributed by atoms with Crippen molar-refractivity contribution in [3.8, 4) is 0 Å². The maximum Gasteiger partial charge on any atom is 0.253 e. The minimum atomic E-state index is -0.0783. The molecule has 2 rings (SSSR count). The highest BCUT2D eigenvalue weighted by atomic mass is 16.1. The number of nitrogens with zero attached hydrogens (tertiary/aromatic N) is 2. The first-order valence-corrected chi connectivity index (χ1v) is 6.80. The maximum atomic E-state index is 12.3. The highest BCUT2D eigenvalue weighted by Crippen LogP contribution is 2.15. The zero-order valence-corrected chi connectivity index (χ0v) is 11.9.